The number of rotatable bonds is 7. The monoisotopic (exact) mass is 443 g/mol. The Kier molecular flexibility index (Phi) is 6.07. The Morgan fingerprint density at radius 3 is 2.39 bits per heavy atom. The van der Waals surface area contributed by atoms with Crippen molar-refractivity contribution in [1.82, 2.24) is 0 Å². The van der Waals surface area contributed by atoms with Crippen molar-refractivity contribution in [2.75, 3.05) is 17.1 Å². The van der Waals surface area contributed by atoms with Crippen LogP contribution in [0.2, 0.25) is 0 Å². The van der Waals surface area contributed by atoms with Gasteiger partial charge in [-0.1, -0.05) is 6.07 Å². The average Bonchev–Trinajstić information content (AvgIpc) is 2.74. The highest BCUT2D eigenvalue weighted by Crippen LogP contribution is 2.29. The summed E-state index contributed by atoms with van der Waals surface area (Å²) in [7, 11) is -2.64. The highest BCUT2D eigenvalue weighted by atomic mass is 32.2. The number of amides is 1. The van der Waals surface area contributed by atoms with Gasteiger partial charge in [-0.05, 0) is 48.5 Å². The number of nitrogens with one attached hydrogen (secondary N) is 2. The Bertz CT molecular complexity index is 1240. The number of nitro groups is 1. The molecule has 0 radical (unpaired) electrons. The smallest absolute Gasteiger partial charge is 0.312 e. The fourth-order valence-corrected chi connectivity index (χ4v) is 3.70. The molecule has 0 atom stereocenters. The number of carbonyl (C=O) groups excluding carboxylic acids is 1. The molecular formula is C20H17N3O7S. The van der Waals surface area contributed by atoms with E-state index >= 15 is 0 Å². The Balaban J connectivity index is 1.74. The molecule has 0 saturated heterocycles. The SMILES string of the molecule is COc1cccc(NC(=O)c2ccc(NS(=O)(=O)c3ccc(O)c([N+](=O)[O-])c3)cc2)c1. The summed E-state index contributed by atoms with van der Waals surface area (Å²) in [6, 6.07) is 15.1. The molecule has 3 aromatic carbocycles. The number of phenols is 1. The third-order valence-electron chi connectivity index (χ3n) is 4.18. The molecule has 0 aliphatic heterocycles. The van der Waals surface area contributed by atoms with Crippen molar-refractivity contribution in [1.29, 1.82) is 0 Å². The highest BCUT2D eigenvalue weighted by molar-refractivity contribution is 7.92. The number of methoxy groups -OCH3 is 1. The number of sulfonamides is 1. The lowest BCUT2D eigenvalue weighted by Crippen LogP contribution is -2.14. The Labute approximate surface area is 177 Å². The van der Waals surface area contributed by atoms with E-state index in [1.54, 1.807) is 24.3 Å². The van der Waals surface area contributed by atoms with Crippen LogP contribution in [0.3, 0.4) is 0 Å². The van der Waals surface area contributed by atoms with Gasteiger partial charge in [0.2, 0.25) is 0 Å². The molecule has 160 valence electrons. The van der Waals surface area contributed by atoms with Gasteiger partial charge in [0.1, 0.15) is 5.75 Å². The lowest BCUT2D eigenvalue weighted by atomic mass is 10.2. The molecule has 3 N–H and O–H groups in total. The number of anilines is 2. The summed E-state index contributed by atoms with van der Waals surface area (Å²) >= 11 is 0. The molecule has 0 aromatic heterocycles. The molecule has 0 heterocycles. The van der Waals surface area contributed by atoms with E-state index < -0.39 is 37.2 Å². The van der Waals surface area contributed by atoms with Gasteiger partial charge in [0.05, 0.1) is 16.9 Å². The normalized spacial score (nSPS) is 10.9. The van der Waals surface area contributed by atoms with Crippen LogP contribution >= 0.6 is 0 Å². The van der Waals surface area contributed by atoms with Crippen LogP contribution in [0.5, 0.6) is 11.5 Å². The molecule has 0 aliphatic rings. The predicted octanol–water partition coefficient (Wildman–Crippen LogP) is 3.36. The first-order valence-corrected chi connectivity index (χ1v) is 10.2. The highest BCUT2D eigenvalue weighted by Gasteiger charge is 2.21. The summed E-state index contributed by atoms with van der Waals surface area (Å²) in [4.78, 5) is 22.0. The van der Waals surface area contributed by atoms with Gasteiger partial charge in [-0.2, -0.15) is 0 Å². The molecule has 1 amide bonds. The Morgan fingerprint density at radius 2 is 1.74 bits per heavy atom. The number of carbonyl (C=O) groups is 1. The van der Waals surface area contributed by atoms with Crippen molar-refractivity contribution in [3.63, 3.8) is 0 Å². The lowest BCUT2D eigenvalue weighted by molar-refractivity contribution is -0.386. The van der Waals surface area contributed by atoms with Gasteiger partial charge in [0.15, 0.2) is 5.75 Å². The van der Waals surface area contributed by atoms with Crippen LogP contribution in [0.4, 0.5) is 17.1 Å². The van der Waals surface area contributed by atoms with Gasteiger partial charge in [-0.15, -0.1) is 0 Å². The first-order valence-electron chi connectivity index (χ1n) is 8.75. The predicted molar refractivity (Wildman–Crippen MR) is 113 cm³/mol. The zero-order chi connectivity index (χ0) is 22.6. The van der Waals surface area contributed by atoms with Crippen LogP contribution < -0.4 is 14.8 Å². The number of nitrogens with zero attached hydrogens (tertiary/aromatic N) is 1. The molecule has 3 rings (SSSR count). The van der Waals surface area contributed by atoms with Crippen molar-refractivity contribution in [2.24, 2.45) is 0 Å². The van der Waals surface area contributed by atoms with E-state index in [0.29, 0.717) is 11.4 Å². The van der Waals surface area contributed by atoms with Crippen LogP contribution in [0, 0.1) is 10.1 Å². The van der Waals surface area contributed by atoms with Gasteiger partial charge >= 0.3 is 5.69 Å². The number of phenolic OH excluding ortho intramolecular Hbond substituents is 1. The van der Waals surface area contributed by atoms with Crippen molar-refractivity contribution < 1.29 is 28.0 Å². The second kappa shape index (κ2) is 8.71. The summed E-state index contributed by atoms with van der Waals surface area (Å²) in [6.07, 6.45) is 0. The molecule has 0 unspecified atom stereocenters. The zero-order valence-electron chi connectivity index (χ0n) is 16.1. The van der Waals surface area contributed by atoms with Crippen molar-refractivity contribution >= 4 is 33.0 Å². The molecule has 0 aliphatic carbocycles. The topological polar surface area (TPSA) is 148 Å². The van der Waals surface area contributed by atoms with Crippen LogP contribution in [0.15, 0.2) is 71.6 Å². The van der Waals surface area contributed by atoms with Gasteiger partial charge in [0.25, 0.3) is 15.9 Å². The van der Waals surface area contributed by atoms with Crippen LogP contribution in [-0.4, -0.2) is 31.5 Å². The van der Waals surface area contributed by atoms with Crippen molar-refractivity contribution in [2.45, 2.75) is 4.90 Å². The van der Waals surface area contributed by atoms with Gasteiger partial charge in [-0.25, -0.2) is 8.42 Å². The van der Waals surface area contributed by atoms with Gasteiger partial charge < -0.3 is 15.2 Å². The molecule has 0 bridgehead atoms. The maximum absolute atomic E-state index is 12.5. The van der Waals surface area contributed by atoms with Gasteiger partial charge in [-0.3, -0.25) is 19.6 Å². The molecule has 3 aromatic rings. The fourth-order valence-electron chi connectivity index (χ4n) is 2.62. The number of hydrogen-bond donors (Lipinski definition) is 3. The van der Waals surface area contributed by atoms with Crippen LogP contribution in [0.25, 0.3) is 0 Å². The second-order valence-corrected chi connectivity index (χ2v) is 7.96. The Morgan fingerprint density at radius 1 is 1.03 bits per heavy atom. The summed E-state index contributed by atoms with van der Waals surface area (Å²) < 4.78 is 32.4. The average molecular weight is 443 g/mol. The second-order valence-electron chi connectivity index (χ2n) is 6.28. The maximum Gasteiger partial charge on any atom is 0.312 e. The molecule has 0 saturated carbocycles. The minimum Gasteiger partial charge on any atom is -0.502 e. The number of ether oxygens (including phenoxy) is 1. The van der Waals surface area contributed by atoms with E-state index in [9.17, 15) is 28.4 Å². The molecule has 0 fully saturated rings. The number of nitro benzene ring substituents is 1. The zero-order valence-corrected chi connectivity index (χ0v) is 16.9. The number of benzene rings is 3. The minimum atomic E-state index is -4.16. The maximum atomic E-state index is 12.5. The minimum absolute atomic E-state index is 0.147. The summed E-state index contributed by atoms with van der Waals surface area (Å²) in [5.74, 6) is -0.468. The standard InChI is InChI=1S/C20H17N3O7S/c1-30-16-4-2-3-15(11-16)21-20(25)13-5-7-14(8-6-13)22-31(28,29)17-9-10-19(24)18(12-17)23(26)27/h2-12,22,24H,1H3,(H,21,25). The summed E-state index contributed by atoms with van der Waals surface area (Å²) in [6.45, 7) is 0. The molecule has 0 spiro atoms. The van der Waals surface area contributed by atoms with Crippen molar-refractivity contribution in [3.8, 4) is 11.5 Å². The number of aromatic hydroxyl groups is 1. The largest absolute Gasteiger partial charge is 0.502 e. The van der Waals surface area contributed by atoms with Crippen molar-refractivity contribution in [3.05, 3.63) is 82.4 Å². The summed E-state index contributed by atoms with van der Waals surface area (Å²) in [5, 5.41) is 23.1. The molecular weight excluding hydrogens is 426 g/mol. The first kappa shape index (κ1) is 21.6. The number of hydrogen-bond acceptors (Lipinski definition) is 7. The van der Waals surface area contributed by atoms with Gasteiger partial charge in [0, 0.05) is 29.1 Å². The molecule has 31 heavy (non-hydrogen) atoms. The summed E-state index contributed by atoms with van der Waals surface area (Å²) in [5.41, 5.74) is 0.232. The van der Waals surface area contributed by atoms with E-state index in [4.69, 9.17) is 4.74 Å². The third kappa shape index (κ3) is 5.08. The molecule has 11 heteroatoms. The van der Waals surface area contributed by atoms with Crippen LogP contribution in [-0.2, 0) is 10.0 Å². The first-order chi connectivity index (χ1) is 14.7. The third-order valence-corrected chi connectivity index (χ3v) is 5.56. The lowest BCUT2D eigenvalue weighted by Gasteiger charge is -2.10. The molecule has 10 nitrogen and oxygen atoms in total. The van der Waals surface area contributed by atoms with Crippen LogP contribution in [0.1, 0.15) is 10.4 Å². The van der Waals surface area contributed by atoms with E-state index in [2.05, 4.69) is 10.0 Å². The van der Waals surface area contributed by atoms with E-state index in [1.165, 1.54) is 31.4 Å². The van der Waals surface area contributed by atoms with E-state index in [0.717, 1.165) is 18.2 Å². The van der Waals surface area contributed by atoms with E-state index in [1.807, 2.05) is 0 Å². The Hall–Kier alpha value is -4.12. The van der Waals surface area contributed by atoms with E-state index in [-0.39, 0.29) is 11.3 Å². The fraction of sp³-hybridized carbons (Fsp3) is 0.0500. The quantitative estimate of drug-likeness (QED) is 0.374.